The summed E-state index contributed by atoms with van der Waals surface area (Å²) in [5.41, 5.74) is 4.57. The molecule has 2 aromatic rings. The first-order chi connectivity index (χ1) is 11.6. The maximum absolute atomic E-state index is 14.2. The summed E-state index contributed by atoms with van der Waals surface area (Å²) in [5, 5.41) is 4.11. The molecule has 2 N–H and O–H groups in total. The molecule has 5 nitrogen and oxygen atoms in total. The number of halogens is 1. The first-order valence-corrected chi connectivity index (χ1v) is 7.81. The number of nitrogens with zero attached hydrogens (tertiary/aromatic N) is 1. The number of hydrogen-bond donors (Lipinski definition) is 2. The van der Waals surface area contributed by atoms with Crippen LogP contribution in [-0.4, -0.2) is 22.9 Å². The molecule has 24 heavy (non-hydrogen) atoms. The standard InChI is InChI=1S/C18H16FN3O2/c19-13-9-5-4-8-12(13)15-14-16(18(24)20-17(14)23)22(21-15)10-11-6-2-1-3-7-11/h1-9,14-16,21H,10H2,(H,20,23,24)/t14-,15+,16-/m0/s1. The van der Waals surface area contributed by atoms with E-state index in [0.717, 1.165) is 5.56 Å². The van der Waals surface area contributed by atoms with Gasteiger partial charge in [-0.3, -0.25) is 14.9 Å². The van der Waals surface area contributed by atoms with Gasteiger partial charge in [-0.25, -0.2) is 14.8 Å². The topological polar surface area (TPSA) is 61.4 Å². The first kappa shape index (κ1) is 15.0. The quantitative estimate of drug-likeness (QED) is 0.840. The van der Waals surface area contributed by atoms with E-state index in [1.54, 1.807) is 23.2 Å². The molecule has 3 atom stereocenters. The molecule has 0 spiro atoms. The second-order valence-electron chi connectivity index (χ2n) is 6.07. The molecule has 2 aromatic carbocycles. The van der Waals surface area contributed by atoms with Crippen LogP contribution >= 0.6 is 0 Å². The Balaban J connectivity index is 1.69. The molecular weight excluding hydrogens is 309 g/mol. The van der Waals surface area contributed by atoms with Crippen LogP contribution in [0.1, 0.15) is 17.2 Å². The number of hydrogen-bond acceptors (Lipinski definition) is 4. The zero-order chi connectivity index (χ0) is 16.7. The van der Waals surface area contributed by atoms with Crippen LogP contribution < -0.4 is 10.7 Å². The minimum absolute atomic E-state index is 0.340. The summed E-state index contributed by atoms with van der Waals surface area (Å²) in [4.78, 5) is 24.5. The molecule has 2 heterocycles. The minimum Gasteiger partial charge on any atom is -0.295 e. The Morgan fingerprint density at radius 2 is 1.67 bits per heavy atom. The van der Waals surface area contributed by atoms with E-state index in [1.165, 1.54) is 6.07 Å². The van der Waals surface area contributed by atoms with E-state index in [0.29, 0.717) is 12.1 Å². The Hall–Kier alpha value is -2.57. The maximum Gasteiger partial charge on any atom is 0.246 e. The number of fused-ring (bicyclic) bond motifs is 1. The fraction of sp³-hybridized carbons (Fsp3) is 0.222. The number of carbonyl (C=O) groups is 2. The molecule has 0 unspecified atom stereocenters. The predicted molar refractivity (Wildman–Crippen MR) is 84.7 cm³/mol. The van der Waals surface area contributed by atoms with E-state index < -0.39 is 18.0 Å². The average molecular weight is 325 g/mol. The lowest BCUT2D eigenvalue weighted by molar-refractivity contribution is -0.127. The third-order valence-corrected chi connectivity index (χ3v) is 4.59. The third kappa shape index (κ3) is 2.40. The number of amides is 2. The van der Waals surface area contributed by atoms with E-state index in [9.17, 15) is 14.0 Å². The Labute approximate surface area is 138 Å². The minimum atomic E-state index is -0.641. The van der Waals surface area contributed by atoms with E-state index in [2.05, 4.69) is 10.7 Å². The molecule has 2 saturated heterocycles. The molecular formula is C18H16FN3O2. The number of nitrogens with one attached hydrogen (secondary N) is 2. The highest BCUT2D eigenvalue weighted by molar-refractivity contribution is 6.07. The zero-order valence-corrected chi connectivity index (χ0v) is 12.8. The van der Waals surface area contributed by atoms with Gasteiger partial charge in [0.2, 0.25) is 11.8 Å². The summed E-state index contributed by atoms with van der Waals surface area (Å²) >= 11 is 0. The first-order valence-electron chi connectivity index (χ1n) is 7.81. The Morgan fingerprint density at radius 3 is 2.42 bits per heavy atom. The lowest BCUT2D eigenvalue weighted by Gasteiger charge is -2.22. The Morgan fingerprint density at radius 1 is 0.958 bits per heavy atom. The van der Waals surface area contributed by atoms with Crippen molar-refractivity contribution in [3.63, 3.8) is 0 Å². The second-order valence-corrected chi connectivity index (χ2v) is 6.07. The molecule has 6 heteroatoms. The average Bonchev–Trinajstić information content (AvgIpc) is 3.09. The van der Waals surface area contributed by atoms with Crippen molar-refractivity contribution in [1.82, 2.24) is 15.8 Å². The van der Waals surface area contributed by atoms with Crippen LogP contribution in [-0.2, 0) is 16.1 Å². The molecule has 0 radical (unpaired) electrons. The number of rotatable bonds is 3. The molecule has 122 valence electrons. The smallest absolute Gasteiger partial charge is 0.246 e. The van der Waals surface area contributed by atoms with Crippen LogP contribution in [0.4, 0.5) is 4.39 Å². The van der Waals surface area contributed by atoms with E-state index >= 15 is 0 Å². The summed E-state index contributed by atoms with van der Waals surface area (Å²) in [5.74, 6) is -1.73. The van der Waals surface area contributed by atoms with Gasteiger partial charge in [0.15, 0.2) is 0 Å². The summed E-state index contributed by atoms with van der Waals surface area (Å²) in [6, 6.07) is 14.8. The van der Waals surface area contributed by atoms with Gasteiger partial charge in [-0.05, 0) is 11.6 Å². The highest BCUT2D eigenvalue weighted by atomic mass is 19.1. The predicted octanol–water partition coefficient (Wildman–Crippen LogP) is 1.53. The van der Waals surface area contributed by atoms with Crippen molar-refractivity contribution >= 4 is 11.8 Å². The van der Waals surface area contributed by atoms with Crippen LogP contribution in [0.3, 0.4) is 0 Å². The van der Waals surface area contributed by atoms with Crippen molar-refractivity contribution in [1.29, 1.82) is 0 Å². The molecule has 2 amide bonds. The van der Waals surface area contributed by atoms with Crippen LogP contribution in [0.15, 0.2) is 54.6 Å². The molecule has 0 aromatic heterocycles. The van der Waals surface area contributed by atoms with Crippen LogP contribution in [0, 0.1) is 11.7 Å². The summed E-state index contributed by atoms with van der Waals surface area (Å²) in [7, 11) is 0. The van der Waals surface area contributed by atoms with Gasteiger partial charge in [-0.15, -0.1) is 0 Å². The van der Waals surface area contributed by atoms with E-state index in [1.807, 2.05) is 30.3 Å². The van der Waals surface area contributed by atoms with Crippen LogP contribution in [0.2, 0.25) is 0 Å². The number of benzene rings is 2. The zero-order valence-electron chi connectivity index (χ0n) is 12.8. The van der Waals surface area contributed by atoms with Gasteiger partial charge in [0.25, 0.3) is 0 Å². The largest absolute Gasteiger partial charge is 0.295 e. The molecule has 0 aliphatic carbocycles. The summed E-state index contributed by atoms with van der Waals surface area (Å²) in [6.07, 6.45) is 0. The maximum atomic E-state index is 14.2. The lowest BCUT2D eigenvalue weighted by Crippen LogP contribution is -2.43. The van der Waals surface area contributed by atoms with Gasteiger partial charge in [0.05, 0.1) is 12.0 Å². The molecule has 2 aliphatic heterocycles. The van der Waals surface area contributed by atoms with Crippen LogP contribution in [0.5, 0.6) is 0 Å². The van der Waals surface area contributed by atoms with Crippen molar-refractivity contribution in [3.8, 4) is 0 Å². The monoisotopic (exact) mass is 325 g/mol. The van der Waals surface area contributed by atoms with Gasteiger partial charge in [-0.1, -0.05) is 48.5 Å². The summed E-state index contributed by atoms with van der Waals surface area (Å²) < 4.78 is 14.2. The van der Waals surface area contributed by atoms with Crippen molar-refractivity contribution in [3.05, 3.63) is 71.5 Å². The number of carbonyl (C=O) groups excluding carboxylic acids is 2. The summed E-state index contributed by atoms with van der Waals surface area (Å²) in [6.45, 7) is 0.452. The Bertz CT molecular complexity index is 796. The van der Waals surface area contributed by atoms with E-state index in [4.69, 9.17) is 0 Å². The van der Waals surface area contributed by atoms with Gasteiger partial charge >= 0.3 is 0 Å². The van der Waals surface area contributed by atoms with Gasteiger partial charge in [0.1, 0.15) is 11.9 Å². The molecule has 2 fully saturated rings. The van der Waals surface area contributed by atoms with Crippen molar-refractivity contribution < 1.29 is 14.0 Å². The van der Waals surface area contributed by atoms with Crippen molar-refractivity contribution in [2.24, 2.45) is 5.92 Å². The fourth-order valence-corrected chi connectivity index (χ4v) is 3.51. The van der Waals surface area contributed by atoms with Gasteiger partial charge < -0.3 is 0 Å². The number of hydrazine groups is 1. The molecule has 0 saturated carbocycles. The molecule has 0 bridgehead atoms. The number of imide groups is 1. The highest BCUT2D eigenvalue weighted by Crippen LogP contribution is 2.38. The second kappa shape index (κ2) is 5.81. The Kier molecular flexibility index (Phi) is 3.63. The molecule has 4 rings (SSSR count). The fourth-order valence-electron chi connectivity index (χ4n) is 3.51. The molecule has 2 aliphatic rings. The van der Waals surface area contributed by atoms with Gasteiger partial charge in [0, 0.05) is 12.1 Å². The van der Waals surface area contributed by atoms with Crippen LogP contribution in [0.25, 0.3) is 0 Å². The van der Waals surface area contributed by atoms with Gasteiger partial charge in [-0.2, -0.15) is 0 Å². The van der Waals surface area contributed by atoms with E-state index in [-0.39, 0.29) is 17.6 Å². The SMILES string of the molecule is O=C1NC(=O)[C@@H]2[C@@H]1[C@@H](c1ccccc1F)NN2Cc1ccccc1. The van der Waals surface area contributed by atoms with Crippen molar-refractivity contribution in [2.45, 2.75) is 18.6 Å². The third-order valence-electron chi connectivity index (χ3n) is 4.59. The van der Waals surface area contributed by atoms with Crippen molar-refractivity contribution in [2.75, 3.05) is 0 Å². The normalized spacial score (nSPS) is 26.5. The lowest BCUT2D eigenvalue weighted by atomic mass is 9.90. The highest BCUT2D eigenvalue weighted by Gasteiger charge is 2.55.